The van der Waals surface area contributed by atoms with E-state index >= 15 is 0 Å². The third-order valence-electron chi connectivity index (χ3n) is 3.42. The van der Waals surface area contributed by atoms with E-state index in [1.165, 1.54) is 7.11 Å². The molecule has 0 spiro atoms. The van der Waals surface area contributed by atoms with Crippen LogP contribution in [0.25, 0.3) is 0 Å². The number of halogens is 2. The van der Waals surface area contributed by atoms with Gasteiger partial charge in [0.25, 0.3) is 0 Å². The molecule has 0 amide bonds. The van der Waals surface area contributed by atoms with Crippen LogP contribution in [0.15, 0.2) is 0 Å². The van der Waals surface area contributed by atoms with E-state index < -0.39 is 24.2 Å². The summed E-state index contributed by atoms with van der Waals surface area (Å²) in [5, 5.41) is 0. The van der Waals surface area contributed by atoms with E-state index in [2.05, 4.69) is 0 Å². The highest BCUT2D eigenvalue weighted by atomic mass is 35.5. The van der Waals surface area contributed by atoms with Gasteiger partial charge in [0.1, 0.15) is 0 Å². The Morgan fingerprint density at radius 1 is 1.40 bits per heavy atom. The van der Waals surface area contributed by atoms with Crippen molar-refractivity contribution in [3.63, 3.8) is 0 Å². The van der Waals surface area contributed by atoms with Gasteiger partial charge in [0, 0.05) is 12.3 Å². The van der Waals surface area contributed by atoms with Crippen molar-refractivity contribution in [3.05, 3.63) is 0 Å². The van der Waals surface area contributed by atoms with Crippen LogP contribution in [0.5, 0.6) is 0 Å². The highest BCUT2D eigenvalue weighted by molar-refractivity contribution is 6.70. The molecule has 0 radical (unpaired) electrons. The summed E-state index contributed by atoms with van der Waals surface area (Å²) in [5.74, 6) is -1.38. The van der Waals surface area contributed by atoms with E-state index in [0.29, 0.717) is 6.42 Å². The minimum Gasteiger partial charge on any atom is -0.467 e. The fraction of sp³-hybridized carbons (Fsp3) is 0.846. The van der Waals surface area contributed by atoms with Crippen LogP contribution in [-0.2, 0) is 18.8 Å². The van der Waals surface area contributed by atoms with Crippen LogP contribution >= 0.6 is 23.2 Å². The molecule has 0 aliphatic heterocycles. The third-order valence-corrected chi connectivity index (χ3v) is 5.33. The van der Waals surface area contributed by atoms with Crippen molar-refractivity contribution in [1.29, 1.82) is 0 Å². The van der Waals surface area contributed by atoms with Crippen molar-refractivity contribution in [3.8, 4) is 0 Å². The molecule has 0 aromatic carbocycles. The molecule has 1 fully saturated rings. The van der Waals surface area contributed by atoms with Gasteiger partial charge in [0.05, 0.1) is 7.11 Å². The molecular weight excluding hydrogens is 319 g/mol. The van der Waals surface area contributed by atoms with E-state index in [4.69, 9.17) is 32.4 Å². The molecule has 1 saturated carbocycles. The second-order valence-electron chi connectivity index (χ2n) is 6.13. The van der Waals surface area contributed by atoms with Crippen molar-refractivity contribution in [1.82, 2.24) is 0 Å². The summed E-state index contributed by atoms with van der Waals surface area (Å²) in [6.45, 7) is 7.75. The zero-order chi connectivity index (χ0) is 15.8. The minimum atomic E-state index is -2.18. The smallest absolute Gasteiger partial charge is 0.341 e. The lowest BCUT2D eigenvalue weighted by molar-refractivity contribution is -0.165. The van der Waals surface area contributed by atoms with Gasteiger partial charge in [0.2, 0.25) is 4.33 Å². The molecule has 0 aromatic heterocycles. The van der Waals surface area contributed by atoms with Gasteiger partial charge in [-0.15, -0.1) is 0 Å². The Hall–Kier alpha value is -0.103. The van der Waals surface area contributed by atoms with Crippen LogP contribution in [0.1, 0.15) is 26.2 Å². The summed E-state index contributed by atoms with van der Waals surface area (Å²) >= 11 is 12.5. The van der Waals surface area contributed by atoms with Gasteiger partial charge in [-0.1, -0.05) is 36.5 Å². The van der Waals surface area contributed by atoms with Gasteiger partial charge < -0.3 is 9.16 Å². The van der Waals surface area contributed by atoms with Gasteiger partial charge >= 0.3 is 5.97 Å². The van der Waals surface area contributed by atoms with Crippen molar-refractivity contribution in [2.45, 2.75) is 55.8 Å². The fourth-order valence-corrected chi connectivity index (χ4v) is 4.92. The Labute approximate surface area is 131 Å². The molecule has 116 valence electrons. The summed E-state index contributed by atoms with van der Waals surface area (Å²) in [7, 11) is -0.928. The number of methoxy groups -OCH3 is 1. The second kappa shape index (κ2) is 5.95. The predicted molar refractivity (Wildman–Crippen MR) is 81.6 cm³/mol. The number of hydrogen-bond acceptors (Lipinski definition) is 4. The number of carbonyl (C=O) groups is 2. The van der Waals surface area contributed by atoms with E-state index in [0.717, 1.165) is 6.42 Å². The molecule has 0 heterocycles. The maximum absolute atomic E-state index is 12.4. The molecule has 4 nitrogen and oxygen atoms in total. The number of Topliss-reactive ketones (excluding diaryl/α,β-unsaturated/α-hetero) is 1. The number of hydrogen-bond donors (Lipinski definition) is 0. The quantitative estimate of drug-likeness (QED) is 0.437. The molecule has 7 heteroatoms. The fourth-order valence-electron chi connectivity index (χ4n) is 2.73. The Kier molecular flexibility index (Phi) is 5.34. The van der Waals surface area contributed by atoms with E-state index in [-0.39, 0.29) is 18.1 Å². The molecular formula is C13H22Cl2O4Si. The number of esters is 1. The topological polar surface area (TPSA) is 52.6 Å². The molecule has 0 unspecified atom stereocenters. The van der Waals surface area contributed by atoms with Gasteiger partial charge in [-0.25, -0.2) is 4.79 Å². The van der Waals surface area contributed by atoms with E-state index in [1.807, 2.05) is 26.6 Å². The number of carbonyl (C=O) groups excluding carboxylic acids is 2. The molecule has 0 bridgehead atoms. The number of alkyl halides is 2. The Morgan fingerprint density at radius 3 is 2.35 bits per heavy atom. The predicted octanol–water partition coefficient (Wildman–Crippen LogP) is 3.31. The first-order valence-electron chi connectivity index (χ1n) is 6.72. The summed E-state index contributed by atoms with van der Waals surface area (Å²) in [5.41, 5.74) is -1.59. The highest BCUT2D eigenvalue weighted by Crippen LogP contribution is 2.54. The molecule has 0 aromatic rings. The zero-order valence-corrected chi connectivity index (χ0v) is 15.1. The van der Waals surface area contributed by atoms with Gasteiger partial charge in [-0.3, -0.25) is 4.79 Å². The van der Waals surface area contributed by atoms with Crippen molar-refractivity contribution < 1.29 is 18.8 Å². The van der Waals surface area contributed by atoms with Crippen LogP contribution in [0.3, 0.4) is 0 Å². The van der Waals surface area contributed by atoms with E-state index in [1.54, 1.807) is 0 Å². The molecule has 0 saturated heterocycles. The van der Waals surface area contributed by atoms with Crippen LogP contribution in [0, 0.1) is 5.92 Å². The average molecular weight is 341 g/mol. The van der Waals surface area contributed by atoms with Crippen LogP contribution < -0.4 is 0 Å². The van der Waals surface area contributed by atoms with Gasteiger partial charge in [-0.2, -0.15) is 0 Å². The van der Waals surface area contributed by atoms with E-state index in [9.17, 15) is 9.59 Å². The third kappa shape index (κ3) is 2.91. The first kappa shape index (κ1) is 17.9. The summed E-state index contributed by atoms with van der Waals surface area (Å²) in [6, 6.07) is 0. The molecule has 0 N–H and O–H groups in total. The lowest BCUT2D eigenvalue weighted by atomic mass is 9.87. The summed E-state index contributed by atoms with van der Waals surface area (Å²) in [6.07, 6.45) is 1.57. The van der Waals surface area contributed by atoms with Crippen molar-refractivity contribution in [2.75, 3.05) is 7.11 Å². The maximum atomic E-state index is 12.4. The highest BCUT2D eigenvalue weighted by Gasteiger charge is 2.71. The normalized spacial score (nSPS) is 29.6. The Bertz CT molecular complexity index is 406. The van der Waals surface area contributed by atoms with Crippen molar-refractivity contribution in [2.24, 2.45) is 5.92 Å². The summed E-state index contributed by atoms with van der Waals surface area (Å²) < 4.78 is 9.06. The Morgan fingerprint density at radius 2 is 1.95 bits per heavy atom. The molecule has 20 heavy (non-hydrogen) atoms. The van der Waals surface area contributed by atoms with Crippen LogP contribution in [0.2, 0.25) is 19.6 Å². The Balaban J connectivity index is 3.41. The van der Waals surface area contributed by atoms with Crippen molar-refractivity contribution >= 4 is 43.3 Å². The first-order chi connectivity index (χ1) is 9.03. The summed E-state index contributed by atoms with van der Waals surface area (Å²) in [4.78, 5) is 24.6. The molecule has 1 aliphatic carbocycles. The standard InChI is InChI=1S/C13H22Cl2O4Si/c1-6-7-9-8-10(16)13(14,15)12(9,11(17)18-2)19-20(3,4)5/h9H,6-8H2,1-5H3/t9-,12+/m1/s1. The van der Waals surface area contributed by atoms with Gasteiger partial charge in [0.15, 0.2) is 19.7 Å². The minimum absolute atomic E-state index is 0.139. The SMILES string of the molecule is CCC[C@@H]1CC(=O)C(Cl)(Cl)[C@@]1(O[Si](C)(C)C)C(=O)OC. The monoisotopic (exact) mass is 340 g/mol. The van der Waals surface area contributed by atoms with Gasteiger partial charge in [-0.05, 0) is 26.1 Å². The second-order valence-corrected chi connectivity index (χ2v) is 11.9. The first-order valence-corrected chi connectivity index (χ1v) is 10.9. The lowest BCUT2D eigenvalue weighted by Crippen LogP contribution is -2.61. The number of ether oxygens (including phenoxy) is 1. The van der Waals surface area contributed by atoms with Crippen LogP contribution in [0.4, 0.5) is 0 Å². The number of rotatable bonds is 5. The van der Waals surface area contributed by atoms with Crippen LogP contribution in [-0.4, -0.2) is 37.1 Å². The lowest BCUT2D eigenvalue weighted by Gasteiger charge is -2.42. The molecule has 1 rings (SSSR count). The zero-order valence-electron chi connectivity index (χ0n) is 12.6. The average Bonchev–Trinajstić information content (AvgIpc) is 2.49. The molecule has 1 aliphatic rings. The number of ketones is 1. The molecule has 2 atom stereocenters. The maximum Gasteiger partial charge on any atom is 0.341 e. The largest absolute Gasteiger partial charge is 0.467 e.